The first-order chi connectivity index (χ1) is 7.85. The minimum Gasteiger partial charge on any atom is -0.493 e. The van der Waals surface area contributed by atoms with Gasteiger partial charge < -0.3 is 19.5 Å². The fourth-order valence-corrected chi connectivity index (χ4v) is 1.74. The van der Waals surface area contributed by atoms with Gasteiger partial charge in [0.15, 0.2) is 11.5 Å². The second-order valence-corrected chi connectivity index (χ2v) is 3.68. The predicted molar refractivity (Wildman–Crippen MR) is 61.6 cm³/mol. The van der Waals surface area contributed by atoms with Gasteiger partial charge >= 0.3 is 0 Å². The van der Waals surface area contributed by atoms with E-state index in [9.17, 15) is 0 Å². The van der Waals surface area contributed by atoms with Crippen LogP contribution in [0.3, 0.4) is 0 Å². The van der Waals surface area contributed by atoms with E-state index in [-0.39, 0.29) is 0 Å². The van der Waals surface area contributed by atoms with Crippen LogP contribution in [0.4, 0.5) is 0 Å². The largest absolute Gasteiger partial charge is 0.493 e. The molecule has 0 bridgehead atoms. The van der Waals surface area contributed by atoms with Crippen LogP contribution in [0, 0.1) is 0 Å². The minimum atomic E-state index is 0.583. The summed E-state index contributed by atoms with van der Waals surface area (Å²) in [4.78, 5) is 0. The fourth-order valence-electron chi connectivity index (χ4n) is 1.74. The van der Waals surface area contributed by atoms with Gasteiger partial charge in [-0.3, -0.25) is 0 Å². The summed E-state index contributed by atoms with van der Waals surface area (Å²) in [5, 5.41) is 3.12. The molecule has 4 nitrogen and oxygen atoms in total. The lowest BCUT2D eigenvalue weighted by atomic mass is 10.1. The van der Waals surface area contributed by atoms with Gasteiger partial charge in [0.2, 0.25) is 5.75 Å². The van der Waals surface area contributed by atoms with Crippen LogP contribution in [0.1, 0.15) is 5.56 Å². The van der Waals surface area contributed by atoms with Crippen molar-refractivity contribution in [2.45, 2.75) is 6.42 Å². The van der Waals surface area contributed by atoms with Crippen molar-refractivity contribution in [3.8, 4) is 17.2 Å². The average molecular weight is 223 g/mol. The topological polar surface area (TPSA) is 39.7 Å². The van der Waals surface area contributed by atoms with Crippen LogP contribution in [0.2, 0.25) is 0 Å². The van der Waals surface area contributed by atoms with Crippen molar-refractivity contribution in [2.24, 2.45) is 0 Å². The molecule has 1 aromatic rings. The number of nitrogens with one attached hydrogen (secondary N) is 1. The van der Waals surface area contributed by atoms with Gasteiger partial charge in [0, 0.05) is 0 Å². The van der Waals surface area contributed by atoms with E-state index < -0.39 is 0 Å². The maximum atomic E-state index is 5.56. The van der Waals surface area contributed by atoms with Crippen molar-refractivity contribution in [3.63, 3.8) is 0 Å². The molecule has 0 spiro atoms. The van der Waals surface area contributed by atoms with Gasteiger partial charge in [-0.05, 0) is 37.7 Å². The predicted octanol–water partition coefficient (Wildman–Crippen LogP) is 1.23. The van der Waals surface area contributed by atoms with Gasteiger partial charge in [0.05, 0.1) is 7.11 Å². The molecule has 0 saturated heterocycles. The molecular formula is C12H17NO3. The molecule has 0 aromatic heterocycles. The first-order valence-electron chi connectivity index (χ1n) is 5.46. The zero-order chi connectivity index (χ0) is 11.4. The lowest BCUT2D eigenvalue weighted by molar-refractivity contribution is 0.165. The van der Waals surface area contributed by atoms with Gasteiger partial charge in [0.25, 0.3) is 0 Å². The normalized spacial score (nSPS) is 13.6. The summed E-state index contributed by atoms with van der Waals surface area (Å²) in [6, 6.07) is 4.03. The number of fused-ring (bicyclic) bond motifs is 1. The van der Waals surface area contributed by atoms with E-state index in [2.05, 4.69) is 5.32 Å². The van der Waals surface area contributed by atoms with Gasteiger partial charge in [-0.1, -0.05) is 0 Å². The Hall–Kier alpha value is -1.42. The monoisotopic (exact) mass is 223 g/mol. The Morgan fingerprint density at radius 3 is 2.88 bits per heavy atom. The summed E-state index contributed by atoms with van der Waals surface area (Å²) < 4.78 is 16.4. The smallest absolute Gasteiger partial charge is 0.203 e. The summed E-state index contributed by atoms with van der Waals surface area (Å²) >= 11 is 0. The molecule has 2 rings (SSSR count). The average Bonchev–Trinajstić information content (AvgIpc) is 2.35. The van der Waals surface area contributed by atoms with Crippen LogP contribution in [-0.2, 0) is 6.42 Å². The van der Waals surface area contributed by atoms with Crippen molar-refractivity contribution in [1.82, 2.24) is 5.32 Å². The zero-order valence-corrected chi connectivity index (χ0v) is 9.71. The summed E-state index contributed by atoms with van der Waals surface area (Å²) in [5.41, 5.74) is 1.19. The lowest BCUT2D eigenvalue weighted by Gasteiger charge is -2.21. The zero-order valence-electron chi connectivity index (χ0n) is 9.71. The number of likely N-dealkylation sites (N-methyl/N-ethyl adjacent to an activating group) is 1. The Kier molecular flexibility index (Phi) is 3.51. The second-order valence-electron chi connectivity index (χ2n) is 3.68. The van der Waals surface area contributed by atoms with Crippen LogP contribution in [0.5, 0.6) is 17.2 Å². The number of ether oxygens (including phenoxy) is 3. The quantitative estimate of drug-likeness (QED) is 0.833. The van der Waals surface area contributed by atoms with Gasteiger partial charge in [-0.2, -0.15) is 0 Å². The molecule has 1 N–H and O–H groups in total. The number of hydrogen-bond acceptors (Lipinski definition) is 4. The van der Waals surface area contributed by atoms with Crippen LogP contribution < -0.4 is 19.5 Å². The standard InChI is InChI=1S/C12H17NO3/c1-13-4-3-9-7-10(14-2)12-11(8-9)15-5-6-16-12/h7-8,13H,3-6H2,1-2H3. The molecule has 1 aromatic carbocycles. The summed E-state index contributed by atoms with van der Waals surface area (Å²) in [6.07, 6.45) is 0.948. The molecule has 0 saturated carbocycles. The second kappa shape index (κ2) is 5.07. The number of rotatable bonds is 4. The lowest BCUT2D eigenvalue weighted by Crippen LogP contribution is -2.17. The van der Waals surface area contributed by atoms with Crippen molar-refractivity contribution in [2.75, 3.05) is 33.9 Å². The van der Waals surface area contributed by atoms with Crippen molar-refractivity contribution < 1.29 is 14.2 Å². The molecule has 1 aliphatic heterocycles. The Morgan fingerprint density at radius 1 is 1.31 bits per heavy atom. The van der Waals surface area contributed by atoms with Crippen molar-refractivity contribution in [3.05, 3.63) is 17.7 Å². The van der Waals surface area contributed by atoms with Crippen LogP contribution in [0.25, 0.3) is 0 Å². The van der Waals surface area contributed by atoms with Crippen LogP contribution in [-0.4, -0.2) is 33.9 Å². The van der Waals surface area contributed by atoms with E-state index in [1.54, 1.807) is 7.11 Å². The third-order valence-electron chi connectivity index (χ3n) is 2.55. The highest BCUT2D eigenvalue weighted by Crippen LogP contribution is 2.40. The Morgan fingerprint density at radius 2 is 2.12 bits per heavy atom. The first-order valence-corrected chi connectivity index (χ1v) is 5.46. The molecular weight excluding hydrogens is 206 g/mol. The van der Waals surface area contributed by atoms with E-state index in [4.69, 9.17) is 14.2 Å². The molecule has 88 valence electrons. The summed E-state index contributed by atoms with van der Waals surface area (Å²) in [5.74, 6) is 2.27. The molecule has 4 heteroatoms. The molecule has 0 atom stereocenters. The van der Waals surface area contributed by atoms with E-state index in [1.165, 1.54) is 5.56 Å². The van der Waals surface area contributed by atoms with Crippen molar-refractivity contribution >= 4 is 0 Å². The summed E-state index contributed by atoms with van der Waals surface area (Å²) in [7, 11) is 3.59. The Bertz CT molecular complexity index is 348. The van der Waals surface area contributed by atoms with Crippen LogP contribution >= 0.6 is 0 Å². The molecule has 0 radical (unpaired) electrons. The third-order valence-corrected chi connectivity index (χ3v) is 2.55. The first kappa shape index (κ1) is 11.1. The third kappa shape index (κ3) is 2.22. The number of hydrogen-bond donors (Lipinski definition) is 1. The molecule has 1 aliphatic rings. The van der Waals surface area contributed by atoms with Gasteiger partial charge in [-0.15, -0.1) is 0 Å². The summed E-state index contributed by atoms with van der Waals surface area (Å²) in [6.45, 7) is 2.12. The molecule has 16 heavy (non-hydrogen) atoms. The number of benzene rings is 1. The highest BCUT2D eigenvalue weighted by Gasteiger charge is 2.17. The van der Waals surface area contributed by atoms with Gasteiger partial charge in [0.1, 0.15) is 13.2 Å². The molecule has 0 aliphatic carbocycles. The highest BCUT2D eigenvalue weighted by molar-refractivity contribution is 5.54. The highest BCUT2D eigenvalue weighted by atomic mass is 16.6. The number of methoxy groups -OCH3 is 1. The maximum Gasteiger partial charge on any atom is 0.203 e. The van der Waals surface area contributed by atoms with Crippen LogP contribution in [0.15, 0.2) is 12.1 Å². The molecule has 0 unspecified atom stereocenters. The van der Waals surface area contributed by atoms with Crippen molar-refractivity contribution in [1.29, 1.82) is 0 Å². The van der Waals surface area contributed by atoms with E-state index >= 15 is 0 Å². The van der Waals surface area contributed by atoms with E-state index in [1.807, 2.05) is 19.2 Å². The van der Waals surface area contributed by atoms with E-state index in [0.717, 1.165) is 30.2 Å². The fraction of sp³-hybridized carbons (Fsp3) is 0.500. The Labute approximate surface area is 95.5 Å². The maximum absolute atomic E-state index is 5.56. The van der Waals surface area contributed by atoms with Gasteiger partial charge in [-0.25, -0.2) is 0 Å². The molecule has 0 fully saturated rings. The molecule has 0 amide bonds. The molecule has 1 heterocycles. The van der Waals surface area contributed by atoms with E-state index in [0.29, 0.717) is 13.2 Å². The minimum absolute atomic E-state index is 0.583. The SMILES string of the molecule is CNCCc1cc(OC)c2c(c1)OCCO2. The Balaban J connectivity index is 2.28.